The monoisotopic (exact) mass is 436 g/mol. The first-order chi connectivity index (χ1) is 13.7. The number of aromatic nitrogens is 1. The van der Waals surface area contributed by atoms with E-state index in [1.807, 2.05) is 29.2 Å². The van der Waals surface area contributed by atoms with Crippen molar-refractivity contribution in [3.05, 3.63) is 107 Å². The summed E-state index contributed by atoms with van der Waals surface area (Å²) in [5.41, 5.74) is 3.54. The Kier molecular flexibility index (Phi) is 7.26. The van der Waals surface area contributed by atoms with E-state index in [9.17, 15) is 4.79 Å². The molecule has 3 rings (SSSR count). The van der Waals surface area contributed by atoms with Crippen LogP contribution < -0.4 is 0 Å². The maximum atomic E-state index is 12.8. The largest absolute Gasteiger partial charge is 0.345 e. The topological polar surface area (TPSA) is 25.2 Å². The van der Waals surface area contributed by atoms with E-state index in [1.54, 1.807) is 6.08 Å². The van der Waals surface area contributed by atoms with Crippen LogP contribution in [0.2, 0.25) is 0 Å². The third-order valence-electron chi connectivity index (χ3n) is 4.72. The van der Waals surface area contributed by atoms with Gasteiger partial charge in [0.15, 0.2) is 0 Å². The molecule has 0 unspecified atom stereocenters. The van der Waals surface area contributed by atoms with E-state index in [4.69, 9.17) is 0 Å². The van der Waals surface area contributed by atoms with E-state index in [1.165, 1.54) is 11.1 Å². The number of nitrogens with zero attached hydrogens (tertiary/aromatic N) is 2. The summed E-state index contributed by atoms with van der Waals surface area (Å²) < 4.78 is 3.27. The van der Waals surface area contributed by atoms with Crippen molar-refractivity contribution in [1.82, 2.24) is 9.47 Å². The highest BCUT2D eigenvalue weighted by Crippen LogP contribution is 2.15. The molecular weight excluding hydrogens is 412 g/mol. The average molecular weight is 437 g/mol. The first kappa shape index (κ1) is 20.2. The fourth-order valence-electron chi connectivity index (χ4n) is 3.19. The van der Waals surface area contributed by atoms with Crippen molar-refractivity contribution in [2.45, 2.75) is 25.9 Å². The lowest BCUT2D eigenvalue weighted by molar-refractivity contribution is -0.131. The number of rotatable bonds is 9. The summed E-state index contributed by atoms with van der Waals surface area (Å²) in [6.45, 7) is 5.75. The normalized spacial score (nSPS) is 10.6. The number of carbonyl (C=O) groups is 1. The summed E-state index contributed by atoms with van der Waals surface area (Å²) in [5.74, 6) is 0.153. The molecule has 0 radical (unpaired) electrons. The fourth-order valence-corrected chi connectivity index (χ4v) is 3.46. The van der Waals surface area contributed by atoms with Crippen molar-refractivity contribution < 1.29 is 4.79 Å². The number of aryl methyl sites for hydroxylation is 1. The van der Waals surface area contributed by atoms with Gasteiger partial charge in [0.25, 0.3) is 0 Å². The molecule has 1 amide bonds. The second-order valence-corrected chi connectivity index (χ2v) is 7.72. The molecule has 0 N–H and O–H groups in total. The molecule has 1 aromatic heterocycles. The van der Waals surface area contributed by atoms with Crippen LogP contribution in [0.25, 0.3) is 0 Å². The smallest absolute Gasteiger partial charge is 0.223 e. The van der Waals surface area contributed by atoms with E-state index in [0.29, 0.717) is 19.5 Å². The summed E-state index contributed by atoms with van der Waals surface area (Å²) in [5, 5.41) is 0. The zero-order valence-electron chi connectivity index (χ0n) is 15.9. The van der Waals surface area contributed by atoms with Gasteiger partial charge in [0.1, 0.15) is 0 Å². The van der Waals surface area contributed by atoms with Gasteiger partial charge in [-0.05, 0) is 41.8 Å². The lowest BCUT2D eigenvalue weighted by atomic mass is 10.1. The molecule has 3 nitrogen and oxygen atoms in total. The van der Waals surface area contributed by atoms with Crippen LogP contribution in [0.3, 0.4) is 0 Å². The summed E-state index contributed by atoms with van der Waals surface area (Å²) in [7, 11) is 0. The summed E-state index contributed by atoms with van der Waals surface area (Å²) in [6, 6.07) is 22.6. The minimum Gasteiger partial charge on any atom is -0.345 e. The highest BCUT2D eigenvalue weighted by molar-refractivity contribution is 9.10. The molecule has 4 heteroatoms. The molecule has 144 valence electrons. The highest BCUT2D eigenvalue weighted by atomic mass is 79.9. The third-order valence-corrected chi connectivity index (χ3v) is 5.24. The lowest BCUT2D eigenvalue weighted by Crippen LogP contribution is -2.31. The van der Waals surface area contributed by atoms with Gasteiger partial charge in [-0.15, -0.1) is 6.58 Å². The highest BCUT2D eigenvalue weighted by Gasteiger charge is 2.14. The summed E-state index contributed by atoms with van der Waals surface area (Å²) >= 11 is 3.47. The van der Waals surface area contributed by atoms with Gasteiger partial charge < -0.3 is 9.47 Å². The molecule has 0 aliphatic heterocycles. The molecular formula is C24H25BrN2O. The number of hydrogen-bond acceptors (Lipinski definition) is 1. The first-order valence-electron chi connectivity index (χ1n) is 9.47. The molecule has 0 saturated carbocycles. The van der Waals surface area contributed by atoms with Crippen molar-refractivity contribution in [1.29, 1.82) is 0 Å². The minimum atomic E-state index is 0.153. The molecule has 28 heavy (non-hydrogen) atoms. The molecule has 0 atom stereocenters. The molecule has 0 saturated heterocycles. The Balaban J connectivity index is 1.65. The average Bonchev–Trinajstić information content (AvgIpc) is 3.15. The molecule has 1 heterocycles. The molecule has 0 bridgehead atoms. The van der Waals surface area contributed by atoms with Crippen LogP contribution in [0.4, 0.5) is 0 Å². The predicted molar refractivity (Wildman–Crippen MR) is 118 cm³/mol. The van der Waals surface area contributed by atoms with Gasteiger partial charge in [-0.25, -0.2) is 0 Å². The van der Waals surface area contributed by atoms with Gasteiger partial charge >= 0.3 is 0 Å². The van der Waals surface area contributed by atoms with E-state index >= 15 is 0 Å². The Morgan fingerprint density at radius 1 is 1.00 bits per heavy atom. The second-order valence-electron chi connectivity index (χ2n) is 6.80. The Morgan fingerprint density at radius 3 is 2.46 bits per heavy atom. The van der Waals surface area contributed by atoms with E-state index in [0.717, 1.165) is 23.1 Å². The van der Waals surface area contributed by atoms with Gasteiger partial charge in [0.2, 0.25) is 5.91 Å². The van der Waals surface area contributed by atoms with Gasteiger partial charge in [-0.2, -0.15) is 0 Å². The quantitative estimate of drug-likeness (QED) is 0.409. The third kappa shape index (κ3) is 5.70. The minimum absolute atomic E-state index is 0.153. The zero-order chi connectivity index (χ0) is 19.8. The fraction of sp³-hybridized carbons (Fsp3) is 0.208. The number of benzene rings is 2. The maximum Gasteiger partial charge on any atom is 0.223 e. The van der Waals surface area contributed by atoms with Crippen LogP contribution in [0.15, 0.2) is 90.1 Å². The number of halogens is 1. The molecule has 2 aromatic carbocycles. The van der Waals surface area contributed by atoms with Gasteiger partial charge in [0.05, 0.1) is 6.54 Å². The van der Waals surface area contributed by atoms with Crippen molar-refractivity contribution in [2.75, 3.05) is 6.54 Å². The number of hydrogen-bond donors (Lipinski definition) is 0. The lowest BCUT2D eigenvalue weighted by Gasteiger charge is -2.22. The van der Waals surface area contributed by atoms with Crippen molar-refractivity contribution in [2.24, 2.45) is 0 Å². The van der Waals surface area contributed by atoms with Crippen molar-refractivity contribution in [3.8, 4) is 0 Å². The number of carbonyl (C=O) groups excluding carboxylic acids is 1. The standard InChI is InChI=1S/C24H25BrN2O/c1-2-16-27(24(28)15-12-20-7-4-3-5-8-20)19-23-9-6-17-26(23)18-21-10-13-22(25)14-11-21/h2-11,13-14,17H,1,12,15-16,18-19H2. The van der Waals surface area contributed by atoms with Crippen LogP contribution in [0.5, 0.6) is 0 Å². The Labute approximate surface area is 175 Å². The van der Waals surface area contributed by atoms with Crippen LogP contribution >= 0.6 is 15.9 Å². The molecule has 3 aromatic rings. The van der Waals surface area contributed by atoms with Crippen molar-refractivity contribution in [3.63, 3.8) is 0 Å². The van der Waals surface area contributed by atoms with Gasteiger partial charge in [-0.1, -0.05) is 64.5 Å². The number of amides is 1. The van der Waals surface area contributed by atoms with Crippen LogP contribution in [0, 0.1) is 0 Å². The van der Waals surface area contributed by atoms with Gasteiger partial charge in [0, 0.05) is 35.9 Å². The van der Waals surface area contributed by atoms with E-state index in [-0.39, 0.29) is 5.91 Å². The Bertz CT molecular complexity index is 900. The zero-order valence-corrected chi connectivity index (χ0v) is 17.5. The second kappa shape index (κ2) is 10.1. The van der Waals surface area contributed by atoms with Crippen LogP contribution in [-0.4, -0.2) is 21.9 Å². The molecule has 0 spiro atoms. The van der Waals surface area contributed by atoms with Crippen molar-refractivity contribution >= 4 is 21.8 Å². The Hall–Kier alpha value is -2.59. The Morgan fingerprint density at radius 2 is 1.75 bits per heavy atom. The SMILES string of the molecule is C=CCN(Cc1cccn1Cc1ccc(Br)cc1)C(=O)CCc1ccccc1. The van der Waals surface area contributed by atoms with Crippen LogP contribution in [-0.2, 0) is 24.3 Å². The van der Waals surface area contributed by atoms with E-state index < -0.39 is 0 Å². The molecule has 0 fully saturated rings. The van der Waals surface area contributed by atoms with E-state index in [2.05, 4.69) is 75.7 Å². The van der Waals surface area contributed by atoms with Crippen LogP contribution in [0.1, 0.15) is 23.2 Å². The maximum absolute atomic E-state index is 12.8. The first-order valence-corrected chi connectivity index (χ1v) is 10.3. The molecule has 0 aliphatic rings. The summed E-state index contributed by atoms with van der Waals surface area (Å²) in [6.07, 6.45) is 5.12. The summed E-state index contributed by atoms with van der Waals surface area (Å²) in [4.78, 5) is 14.7. The van der Waals surface area contributed by atoms with Gasteiger partial charge in [-0.3, -0.25) is 4.79 Å². The predicted octanol–water partition coefficient (Wildman–Crippen LogP) is 5.45. The molecule has 0 aliphatic carbocycles.